The Morgan fingerprint density at radius 2 is 2.11 bits per heavy atom. The van der Waals surface area contributed by atoms with Crippen molar-refractivity contribution in [3.8, 4) is 0 Å². The zero-order chi connectivity index (χ0) is 13.8. The summed E-state index contributed by atoms with van der Waals surface area (Å²) in [7, 11) is 1.71. The molecular formula is C13H11BrFN3O. The molecule has 0 unspecified atom stereocenters. The maximum Gasteiger partial charge on any atom is 0.274 e. The highest BCUT2D eigenvalue weighted by molar-refractivity contribution is 9.10. The van der Waals surface area contributed by atoms with Gasteiger partial charge in [0.05, 0.1) is 5.69 Å². The molecule has 0 aliphatic heterocycles. The van der Waals surface area contributed by atoms with E-state index in [1.807, 2.05) is 0 Å². The molecule has 1 aromatic heterocycles. The summed E-state index contributed by atoms with van der Waals surface area (Å²) >= 11 is 3.15. The molecule has 0 radical (unpaired) electrons. The summed E-state index contributed by atoms with van der Waals surface area (Å²) < 4.78 is 14.2. The number of pyridine rings is 1. The van der Waals surface area contributed by atoms with Crippen molar-refractivity contribution in [3.63, 3.8) is 0 Å². The smallest absolute Gasteiger partial charge is 0.274 e. The minimum absolute atomic E-state index is 0.116. The predicted molar refractivity (Wildman–Crippen MR) is 75.8 cm³/mol. The molecule has 0 atom stereocenters. The number of carbonyl (C=O) groups is 1. The SMILES string of the molecule is CNc1cccc(C(=O)Nc2ccc(Br)cc2F)n1. The van der Waals surface area contributed by atoms with Gasteiger partial charge in [0.25, 0.3) is 5.91 Å². The van der Waals surface area contributed by atoms with Gasteiger partial charge in [0, 0.05) is 11.5 Å². The normalized spacial score (nSPS) is 10.1. The molecule has 2 aromatic rings. The van der Waals surface area contributed by atoms with Crippen LogP contribution in [-0.4, -0.2) is 17.9 Å². The standard InChI is InChI=1S/C13H11BrFN3O/c1-16-12-4-2-3-11(17-12)13(19)18-10-6-5-8(14)7-9(10)15/h2-7H,1H3,(H,16,17)(H,18,19). The number of aromatic nitrogens is 1. The van der Waals surface area contributed by atoms with Crippen LogP contribution in [0.1, 0.15) is 10.5 Å². The van der Waals surface area contributed by atoms with E-state index in [1.54, 1.807) is 31.3 Å². The first-order valence-electron chi connectivity index (χ1n) is 5.51. The molecule has 0 aliphatic rings. The average molecular weight is 324 g/mol. The van der Waals surface area contributed by atoms with Crippen LogP contribution in [0.15, 0.2) is 40.9 Å². The summed E-state index contributed by atoms with van der Waals surface area (Å²) in [6.07, 6.45) is 0. The molecule has 2 N–H and O–H groups in total. The average Bonchev–Trinajstić information content (AvgIpc) is 2.42. The van der Waals surface area contributed by atoms with Gasteiger partial charge in [-0.1, -0.05) is 22.0 Å². The Labute approximate surface area is 118 Å². The minimum Gasteiger partial charge on any atom is -0.373 e. The largest absolute Gasteiger partial charge is 0.373 e. The van der Waals surface area contributed by atoms with Gasteiger partial charge < -0.3 is 10.6 Å². The second kappa shape index (κ2) is 5.79. The lowest BCUT2D eigenvalue weighted by Crippen LogP contribution is -2.15. The molecule has 1 amide bonds. The Morgan fingerprint density at radius 1 is 1.32 bits per heavy atom. The number of amides is 1. The van der Waals surface area contributed by atoms with Crippen LogP contribution < -0.4 is 10.6 Å². The third kappa shape index (κ3) is 3.29. The lowest BCUT2D eigenvalue weighted by Gasteiger charge is -2.07. The van der Waals surface area contributed by atoms with Gasteiger partial charge in [-0.2, -0.15) is 0 Å². The van der Waals surface area contributed by atoms with Crippen LogP contribution >= 0.6 is 15.9 Å². The van der Waals surface area contributed by atoms with Crippen LogP contribution in [0, 0.1) is 5.82 Å². The predicted octanol–water partition coefficient (Wildman–Crippen LogP) is 3.28. The van der Waals surface area contributed by atoms with Gasteiger partial charge in [0.15, 0.2) is 0 Å². The molecule has 19 heavy (non-hydrogen) atoms. The van der Waals surface area contributed by atoms with Crippen molar-refractivity contribution < 1.29 is 9.18 Å². The van der Waals surface area contributed by atoms with Crippen LogP contribution in [0.3, 0.4) is 0 Å². The molecule has 4 nitrogen and oxygen atoms in total. The second-order valence-corrected chi connectivity index (χ2v) is 4.65. The van der Waals surface area contributed by atoms with E-state index in [0.717, 1.165) is 0 Å². The molecule has 0 saturated carbocycles. The van der Waals surface area contributed by atoms with E-state index >= 15 is 0 Å². The summed E-state index contributed by atoms with van der Waals surface area (Å²) in [5.74, 6) is -0.394. The molecule has 1 heterocycles. The first kappa shape index (κ1) is 13.5. The summed E-state index contributed by atoms with van der Waals surface area (Å²) in [6.45, 7) is 0. The van der Waals surface area contributed by atoms with Gasteiger partial charge >= 0.3 is 0 Å². The number of halogens is 2. The number of hydrogen-bond donors (Lipinski definition) is 2. The molecule has 1 aromatic carbocycles. The maximum absolute atomic E-state index is 13.6. The van der Waals surface area contributed by atoms with Crippen molar-refractivity contribution in [2.24, 2.45) is 0 Å². The Balaban J connectivity index is 2.20. The van der Waals surface area contributed by atoms with E-state index in [-0.39, 0.29) is 11.4 Å². The van der Waals surface area contributed by atoms with Crippen molar-refractivity contribution in [2.75, 3.05) is 17.7 Å². The monoisotopic (exact) mass is 323 g/mol. The van der Waals surface area contributed by atoms with Crippen molar-refractivity contribution >= 4 is 33.3 Å². The van der Waals surface area contributed by atoms with Crippen molar-refractivity contribution in [3.05, 3.63) is 52.4 Å². The molecule has 6 heteroatoms. The first-order valence-corrected chi connectivity index (χ1v) is 6.30. The van der Waals surface area contributed by atoms with Gasteiger partial charge in [0.2, 0.25) is 0 Å². The lowest BCUT2D eigenvalue weighted by molar-refractivity contribution is 0.102. The van der Waals surface area contributed by atoms with Crippen LogP contribution in [0.2, 0.25) is 0 Å². The van der Waals surface area contributed by atoms with Crippen LogP contribution in [0.5, 0.6) is 0 Å². The Bertz CT molecular complexity index is 619. The summed E-state index contributed by atoms with van der Waals surface area (Å²) in [4.78, 5) is 16.0. The zero-order valence-electron chi connectivity index (χ0n) is 10.1. The van der Waals surface area contributed by atoms with Crippen molar-refractivity contribution in [1.82, 2.24) is 4.98 Å². The Morgan fingerprint density at radius 3 is 2.79 bits per heavy atom. The highest BCUT2D eigenvalue weighted by Crippen LogP contribution is 2.19. The Kier molecular flexibility index (Phi) is 4.11. The molecule has 0 bridgehead atoms. The molecule has 0 saturated heterocycles. The number of nitrogens with one attached hydrogen (secondary N) is 2. The fourth-order valence-electron chi connectivity index (χ4n) is 1.48. The number of nitrogens with zero attached hydrogens (tertiary/aromatic N) is 1. The highest BCUT2D eigenvalue weighted by Gasteiger charge is 2.11. The molecule has 0 aliphatic carbocycles. The third-order valence-corrected chi connectivity index (χ3v) is 2.91. The highest BCUT2D eigenvalue weighted by atomic mass is 79.9. The van der Waals surface area contributed by atoms with Crippen LogP contribution in [-0.2, 0) is 0 Å². The van der Waals surface area contributed by atoms with E-state index in [0.29, 0.717) is 10.3 Å². The minimum atomic E-state index is -0.507. The van der Waals surface area contributed by atoms with E-state index in [2.05, 4.69) is 31.5 Å². The van der Waals surface area contributed by atoms with E-state index < -0.39 is 11.7 Å². The fraction of sp³-hybridized carbons (Fsp3) is 0.0769. The number of benzene rings is 1. The summed E-state index contributed by atoms with van der Waals surface area (Å²) in [5, 5.41) is 5.31. The Hall–Kier alpha value is -1.95. The van der Waals surface area contributed by atoms with Crippen LogP contribution in [0.25, 0.3) is 0 Å². The lowest BCUT2D eigenvalue weighted by atomic mass is 10.2. The molecular weight excluding hydrogens is 313 g/mol. The molecule has 2 rings (SSSR count). The first-order chi connectivity index (χ1) is 9.10. The quantitative estimate of drug-likeness (QED) is 0.911. The van der Waals surface area contributed by atoms with E-state index in [4.69, 9.17) is 0 Å². The molecule has 0 fully saturated rings. The number of hydrogen-bond acceptors (Lipinski definition) is 3. The van der Waals surface area contributed by atoms with E-state index in [9.17, 15) is 9.18 Å². The third-order valence-electron chi connectivity index (χ3n) is 2.42. The van der Waals surface area contributed by atoms with Gasteiger partial charge in [-0.05, 0) is 30.3 Å². The van der Waals surface area contributed by atoms with Crippen molar-refractivity contribution in [2.45, 2.75) is 0 Å². The van der Waals surface area contributed by atoms with Crippen LogP contribution in [0.4, 0.5) is 15.9 Å². The van der Waals surface area contributed by atoms with Gasteiger partial charge in [0.1, 0.15) is 17.3 Å². The molecule has 98 valence electrons. The second-order valence-electron chi connectivity index (χ2n) is 3.74. The zero-order valence-corrected chi connectivity index (χ0v) is 11.7. The maximum atomic E-state index is 13.6. The number of carbonyl (C=O) groups excluding carboxylic acids is 1. The number of rotatable bonds is 3. The fourth-order valence-corrected chi connectivity index (χ4v) is 1.81. The number of anilines is 2. The van der Waals surface area contributed by atoms with Gasteiger partial charge in [-0.25, -0.2) is 9.37 Å². The van der Waals surface area contributed by atoms with Gasteiger partial charge in [-0.15, -0.1) is 0 Å². The van der Waals surface area contributed by atoms with E-state index in [1.165, 1.54) is 12.1 Å². The summed E-state index contributed by atoms with van der Waals surface area (Å²) in [6, 6.07) is 9.41. The summed E-state index contributed by atoms with van der Waals surface area (Å²) in [5.41, 5.74) is 0.332. The van der Waals surface area contributed by atoms with Crippen molar-refractivity contribution in [1.29, 1.82) is 0 Å². The molecule has 0 spiro atoms. The topological polar surface area (TPSA) is 54.0 Å². The van der Waals surface area contributed by atoms with Gasteiger partial charge in [-0.3, -0.25) is 4.79 Å².